The normalized spacial score (nSPS) is 15.8. The van der Waals surface area contributed by atoms with Crippen molar-refractivity contribution < 1.29 is 0 Å². The molecule has 0 aromatic rings. The topological polar surface area (TPSA) is 51.3 Å². The van der Waals surface area contributed by atoms with Crippen LogP contribution in [0.5, 0.6) is 0 Å². The molecule has 0 bridgehead atoms. The Kier molecular flexibility index (Phi) is 2.44. The number of nitrogens with zero attached hydrogens (tertiary/aromatic N) is 2. The van der Waals surface area contributed by atoms with E-state index in [4.69, 9.17) is 10.7 Å². The molecule has 1 heterocycles. The molecule has 17 heavy (non-hydrogen) atoms. The number of hydrogen-bond acceptors (Lipinski definition) is 4. The van der Waals surface area contributed by atoms with Crippen molar-refractivity contribution in [2.75, 3.05) is 7.05 Å². The van der Waals surface area contributed by atoms with Crippen LogP contribution >= 0.6 is 11.3 Å². The largest absolute Gasteiger partial charge is 0.402 e. The number of aromatic nitrogens is 1. The van der Waals surface area contributed by atoms with Crippen LogP contribution in [0.15, 0.2) is 28.9 Å². The van der Waals surface area contributed by atoms with Gasteiger partial charge in [0, 0.05) is 12.7 Å². The van der Waals surface area contributed by atoms with Crippen LogP contribution in [-0.4, -0.2) is 12.0 Å². The minimum Gasteiger partial charge on any atom is -0.402 e. The zero-order valence-electron chi connectivity index (χ0n) is 9.60. The summed E-state index contributed by atoms with van der Waals surface area (Å²) in [5.41, 5.74) is 9.04. The molecule has 4 heteroatoms. The third-order valence-electron chi connectivity index (χ3n) is 2.93. The molecule has 3 nitrogen and oxygen atoms in total. The van der Waals surface area contributed by atoms with Gasteiger partial charge in [-0.2, -0.15) is 0 Å². The zero-order chi connectivity index (χ0) is 11.8. The summed E-state index contributed by atoms with van der Waals surface area (Å²) in [5, 5.41) is 0.989. The predicted molar refractivity (Wildman–Crippen MR) is 70.7 cm³/mol. The van der Waals surface area contributed by atoms with Crippen molar-refractivity contribution in [3.05, 3.63) is 39.8 Å². The quantitative estimate of drug-likeness (QED) is 0.769. The van der Waals surface area contributed by atoms with Crippen molar-refractivity contribution >= 4 is 17.4 Å². The van der Waals surface area contributed by atoms with Crippen molar-refractivity contribution in [2.24, 2.45) is 10.7 Å². The SMILES string of the molecule is CN=c1ccc2nc3c(sc-2c1)C=C(N)CC3. The number of hydrogen-bond donors (Lipinski definition) is 1. The van der Waals surface area contributed by atoms with E-state index in [0.29, 0.717) is 0 Å². The molecular weight excluding hydrogens is 230 g/mol. The Morgan fingerprint density at radius 3 is 3.06 bits per heavy atom. The highest BCUT2D eigenvalue weighted by Crippen LogP contribution is 2.31. The van der Waals surface area contributed by atoms with Gasteiger partial charge < -0.3 is 5.73 Å². The molecular formula is C13H13N3S. The summed E-state index contributed by atoms with van der Waals surface area (Å²) in [7, 11) is 1.80. The van der Waals surface area contributed by atoms with Gasteiger partial charge >= 0.3 is 0 Å². The summed E-state index contributed by atoms with van der Waals surface area (Å²) in [6, 6.07) is 6.11. The zero-order valence-corrected chi connectivity index (χ0v) is 10.4. The van der Waals surface area contributed by atoms with E-state index in [9.17, 15) is 0 Å². The maximum atomic E-state index is 5.87. The molecule has 0 atom stereocenters. The van der Waals surface area contributed by atoms with Gasteiger partial charge in [-0.15, -0.1) is 11.3 Å². The number of benzene rings is 1. The lowest BCUT2D eigenvalue weighted by molar-refractivity contribution is 0.882. The van der Waals surface area contributed by atoms with Crippen molar-refractivity contribution in [1.29, 1.82) is 0 Å². The van der Waals surface area contributed by atoms with E-state index in [1.165, 1.54) is 4.88 Å². The monoisotopic (exact) mass is 243 g/mol. The Morgan fingerprint density at radius 2 is 2.24 bits per heavy atom. The molecule has 1 aliphatic heterocycles. The summed E-state index contributed by atoms with van der Waals surface area (Å²) in [6.07, 6.45) is 3.91. The van der Waals surface area contributed by atoms with Gasteiger partial charge in [-0.1, -0.05) is 0 Å². The number of allylic oxidation sites excluding steroid dienone is 1. The van der Waals surface area contributed by atoms with Gasteiger partial charge in [-0.25, -0.2) is 0 Å². The van der Waals surface area contributed by atoms with E-state index in [2.05, 4.69) is 11.1 Å². The fraction of sp³-hybridized carbons (Fsp3) is 0.231. The van der Waals surface area contributed by atoms with Crippen LogP contribution in [-0.2, 0) is 6.42 Å². The first-order chi connectivity index (χ1) is 8.26. The Morgan fingerprint density at radius 1 is 1.35 bits per heavy atom. The smallest absolute Gasteiger partial charge is 0.0807 e. The van der Waals surface area contributed by atoms with Crippen LogP contribution in [0.2, 0.25) is 0 Å². The maximum absolute atomic E-state index is 5.87. The van der Waals surface area contributed by atoms with E-state index < -0.39 is 0 Å². The van der Waals surface area contributed by atoms with Gasteiger partial charge in [0.15, 0.2) is 0 Å². The van der Waals surface area contributed by atoms with Gasteiger partial charge in [0.2, 0.25) is 0 Å². The Labute approximate surface area is 104 Å². The van der Waals surface area contributed by atoms with E-state index in [1.807, 2.05) is 18.2 Å². The summed E-state index contributed by atoms with van der Waals surface area (Å²) >= 11 is 1.74. The van der Waals surface area contributed by atoms with E-state index in [-0.39, 0.29) is 0 Å². The van der Waals surface area contributed by atoms with Gasteiger partial charge in [-0.05, 0) is 37.1 Å². The Bertz CT molecular complexity index is 640. The number of rotatable bonds is 0. The second kappa shape index (κ2) is 3.96. The lowest BCUT2D eigenvalue weighted by atomic mass is 10.1. The molecule has 2 aliphatic carbocycles. The maximum Gasteiger partial charge on any atom is 0.0807 e. The summed E-state index contributed by atoms with van der Waals surface area (Å²) in [5.74, 6) is 0. The van der Waals surface area contributed by atoms with E-state index in [0.717, 1.165) is 40.2 Å². The molecule has 0 spiro atoms. The van der Waals surface area contributed by atoms with E-state index >= 15 is 0 Å². The lowest BCUT2D eigenvalue weighted by Crippen LogP contribution is -2.08. The first-order valence-corrected chi connectivity index (χ1v) is 6.40. The molecule has 0 radical (unpaired) electrons. The highest BCUT2D eigenvalue weighted by Gasteiger charge is 2.14. The molecule has 0 aromatic carbocycles. The molecule has 0 amide bonds. The van der Waals surface area contributed by atoms with E-state index in [1.54, 1.807) is 18.4 Å². The number of aryl methyl sites for hydroxylation is 1. The van der Waals surface area contributed by atoms with Crippen LogP contribution < -0.4 is 11.1 Å². The van der Waals surface area contributed by atoms with Gasteiger partial charge in [0.05, 0.1) is 26.5 Å². The summed E-state index contributed by atoms with van der Waals surface area (Å²) < 4.78 is 0. The van der Waals surface area contributed by atoms with Gasteiger partial charge in [0.1, 0.15) is 0 Å². The average molecular weight is 243 g/mol. The Balaban J connectivity index is 2.28. The molecule has 0 aromatic heterocycles. The molecule has 3 rings (SSSR count). The average Bonchev–Trinajstić information content (AvgIpc) is 2.35. The molecule has 0 saturated heterocycles. The standard InChI is InChI=1S/C13H13N3S/c1-15-9-3-5-11-13(7-9)17-12-6-8(14)2-4-10(12)16-11/h3,5-7H,2,4,14H2,1H3. The van der Waals surface area contributed by atoms with Crippen LogP contribution in [0.3, 0.4) is 0 Å². The van der Waals surface area contributed by atoms with Crippen molar-refractivity contribution in [3.8, 4) is 10.6 Å². The fourth-order valence-electron chi connectivity index (χ4n) is 1.99. The minimum absolute atomic E-state index is 0.917. The minimum atomic E-state index is 0.917. The second-order valence-corrected chi connectivity index (χ2v) is 5.20. The third kappa shape index (κ3) is 1.85. The van der Waals surface area contributed by atoms with Crippen LogP contribution in [0.1, 0.15) is 17.0 Å². The van der Waals surface area contributed by atoms with Crippen LogP contribution in [0.4, 0.5) is 0 Å². The van der Waals surface area contributed by atoms with Crippen molar-refractivity contribution in [3.63, 3.8) is 0 Å². The second-order valence-electron chi connectivity index (χ2n) is 4.12. The lowest BCUT2D eigenvalue weighted by Gasteiger charge is -2.15. The van der Waals surface area contributed by atoms with Gasteiger partial charge in [0.25, 0.3) is 0 Å². The highest BCUT2D eigenvalue weighted by atomic mass is 32.1. The third-order valence-corrected chi connectivity index (χ3v) is 4.05. The van der Waals surface area contributed by atoms with Crippen LogP contribution in [0, 0.1) is 0 Å². The molecule has 2 N–H and O–H groups in total. The summed E-state index contributed by atoms with van der Waals surface area (Å²) in [6.45, 7) is 0. The first kappa shape index (κ1) is 10.5. The fourth-order valence-corrected chi connectivity index (χ4v) is 3.10. The molecule has 0 saturated carbocycles. The van der Waals surface area contributed by atoms with Crippen molar-refractivity contribution in [1.82, 2.24) is 4.98 Å². The van der Waals surface area contributed by atoms with Crippen LogP contribution in [0.25, 0.3) is 16.6 Å². The molecule has 0 unspecified atom stereocenters. The summed E-state index contributed by atoms with van der Waals surface area (Å²) in [4.78, 5) is 11.2. The Hall–Kier alpha value is -1.68. The molecule has 86 valence electrons. The molecule has 3 aliphatic rings. The predicted octanol–water partition coefficient (Wildman–Crippen LogP) is 2.02. The molecule has 0 fully saturated rings. The van der Waals surface area contributed by atoms with Crippen molar-refractivity contribution in [2.45, 2.75) is 12.8 Å². The number of fused-ring (bicyclic) bond motifs is 2. The number of nitrogens with two attached hydrogens (primary N) is 1. The first-order valence-electron chi connectivity index (χ1n) is 5.59. The highest BCUT2D eigenvalue weighted by molar-refractivity contribution is 7.16. The van der Waals surface area contributed by atoms with Gasteiger partial charge in [-0.3, -0.25) is 9.98 Å².